The summed E-state index contributed by atoms with van der Waals surface area (Å²) in [5.74, 6) is 0.122. The minimum Gasteiger partial charge on any atom is -0.336 e. The Hall–Kier alpha value is -3.28. The second kappa shape index (κ2) is 5.49. The van der Waals surface area contributed by atoms with Gasteiger partial charge in [0.05, 0.1) is 5.69 Å². The SMILES string of the molecule is Fc1ccccc1Nc1ncnc2c1ncn2-c1ccccc1. The molecule has 0 saturated heterocycles. The van der Waals surface area contributed by atoms with Gasteiger partial charge in [-0.2, -0.15) is 0 Å². The molecule has 0 aliphatic heterocycles. The van der Waals surface area contributed by atoms with E-state index in [1.165, 1.54) is 12.4 Å². The van der Waals surface area contributed by atoms with Gasteiger partial charge >= 0.3 is 0 Å². The zero-order valence-electron chi connectivity index (χ0n) is 12.0. The van der Waals surface area contributed by atoms with Crippen molar-refractivity contribution in [1.29, 1.82) is 0 Å². The first-order valence-electron chi connectivity index (χ1n) is 7.08. The molecule has 4 rings (SSSR count). The van der Waals surface area contributed by atoms with Gasteiger partial charge in [0, 0.05) is 5.69 Å². The van der Waals surface area contributed by atoms with Gasteiger partial charge in [-0.1, -0.05) is 30.3 Å². The van der Waals surface area contributed by atoms with Crippen LogP contribution in [0.3, 0.4) is 0 Å². The molecule has 0 radical (unpaired) electrons. The first-order chi connectivity index (χ1) is 11.3. The van der Waals surface area contributed by atoms with Crippen molar-refractivity contribution in [3.8, 4) is 5.69 Å². The summed E-state index contributed by atoms with van der Waals surface area (Å²) < 4.78 is 15.7. The van der Waals surface area contributed by atoms with Crippen LogP contribution in [0.1, 0.15) is 0 Å². The maximum Gasteiger partial charge on any atom is 0.170 e. The summed E-state index contributed by atoms with van der Waals surface area (Å²) >= 11 is 0. The van der Waals surface area contributed by atoms with Gasteiger partial charge in [-0.05, 0) is 24.3 Å². The predicted molar refractivity (Wildman–Crippen MR) is 86.3 cm³/mol. The number of nitrogens with zero attached hydrogens (tertiary/aromatic N) is 4. The molecular weight excluding hydrogens is 293 g/mol. The molecule has 2 aromatic carbocycles. The van der Waals surface area contributed by atoms with Crippen molar-refractivity contribution < 1.29 is 4.39 Å². The van der Waals surface area contributed by atoms with Crippen molar-refractivity contribution in [3.63, 3.8) is 0 Å². The van der Waals surface area contributed by atoms with Crippen LogP contribution in [-0.4, -0.2) is 19.5 Å². The lowest BCUT2D eigenvalue weighted by Gasteiger charge is -2.07. The van der Waals surface area contributed by atoms with E-state index in [2.05, 4.69) is 20.3 Å². The molecule has 6 heteroatoms. The molecule has 0 unspecified atom stereocenters. The van der Waals surface area contributed by atoms with Gasteiger partial charge in [-0.3, -0.25) is 4.57 Å². The number of benzene rings is 2. The summed E-state index contributed by atoms with van der Waals surface area (Å²) in [7, 11) is 0. The highest BCUT2D eigenvalue weighted by Gasteiger charge is 2.12. The van der Waals surface area contributed by atoms with Crippen LogP contribution in [0.5, 0.6) is 0 Å². The Morgan fingerprint density at radius 3 is 2.48 bits per heavy atom. The fraction of sp³-hybridized carbons (Fsp3) is 0. The Balaban J connectivity index is 1.81. The Bertz CT molecular complexity index is 965. The van der Waals surface area contributed by atoms with Crippen LogP contribution in [0.15, 0.2) is 67.3 Å². The molecule has 4 aromatic rings. The third-order valence-corrected chi connectivity index (χ3v) is 3.49. The zero-order valence-corrected chi connectivity index (χ0v) is 12.0. The standard InChI is InChI=1S/C17H12FN5/c18-13-8-4-5-9-14(13)22-16-15-17(20-10-19-16)23(11-21-15)12-6-2-1-3-7-12/h1-11H,(H,19,20,22). The first-order valence-corrected chi connectivity index (χ1v) is 7.08. The summed E-state index contributed by atoms with van der Waals surface area (Å²) in [4.78, 5) is 12.9. The van der Waals surface area contributed by atoms with Crippen molar-refractivity contribution in [2.75, 3.05) is 5.32 Å². The Kier molecular flexibility index (Phi) is 3.20. The van der Waals surface area contributed by atoms with Crippen LogP contribution < -0.4 is 5.32 Å². The number of hydrogen-bond acceptors (Lipinski definition) is 4. The third kappa shape index (κ3) is 2.40. The number of halogens is 1. The average molecular weight is 305 g/mol. The molecule has 0 atom stereocenters. The summed E-state index contributed by atoms with van der Waals surface area (Å²) in [6, 6.07) is 16.2. The molecule has 0 aliphatic carbocycles. The maximum absolute atomic E-state index is 13.8. The molecule has 0 saturated carbocycles. The van der Waals surface area contributed by atoms with Crippen LogP contribution >= 0.6 is 0 Å². The number of aromatic nitrogens is 4. The number of rotatable bonds is 3. The largest absolute Gasteiger partial charge is 0.336 e. The smallest absolute Gasteiger partial charge is 0.170 e. The second-order valence-electron chi connectivity index (χ2n) is 4.95. The highest BCUT2D eigenvalue weighted by molar-refractivity contribution is 5.86. The van der Waals surface area contributed by atoms with E-state index < -0.39 is 0 Å². The van der Waals surface area contributed by atoms with E-state index in [1.54, 1.807) is 24.5 Å². The molecule has 112 valence electrons. The quantitative estimate of drug-likeness (QED) is 0.627. The summed E-state index contributed by atoms with van der Waals surface area (Å²) in [5.41, 5.74) is 2.54. The van der Waals surface area contributed by atoms with Gasteiger partial charge < -0.3 is 5.32 Å². The predicted octanol–water partition coefficient (Wildman–Crippen LogP) is 3.70. The van der Waals surface area contributed by atoms with Gasteiger partial charge in [0.2, 0.25) is 0 Å². The van der Waals surface area contributed by atoms with Crippen LogP contribution in [0.4, 0.5) is 15.9 Å². The van der Waals surface area contributed by atoms with Gasteiger partial charge in [0.25, 0.3) is 0 Å². The Morgan fingerprint density at radius 2 is 1.65 bits per heavy atom. The average Bonchev–Trinajstić information content (AvgIpc) is 3.03. The number of imidazole rings is 1. The Labute approximate surface area is 131 Å². The van der Waals surface area contributed by atoms with Crippen LogP contribution in [0.2, 0.25) is 0 Å². The van der Waals surface area contributed by atoms with Crippen LogP contribution in [-0.2, 0) is 0 Å². The van der Waals surface area contributed by atoms with Crippen molar-refractivity contribution >= 4 is 22.7 Å². The van der Waals surface area contributed by atoms with Crippen molar-refractivity contribution in [3.05, 3.63) is 73.1 Å². The lowest BCUT2D eigenvalue weighted by molar-refractivity contribution is 0.632. The van der Waals surface area contributed by atoms with E-state index in [9.17, 15) is 4.39 Å². The molecule has 0 aliphatic rings. The molecule has 0 fully saturated rings. The molecule has 5 nitrogen and oxygen atoms in total. The number of anilines is 2. The monoisotopic (exact) mass is 305 g/mol. The van der Waals surface area contributed by atoms with E-state index in [1.807, 2.05) is 34.9 Å². The zero-order chi connectivity index (χ0) is 15.6. The highest BCUT2D eigenvalue weighted by Crippen LogP contribution is 2.24. The minimum atomic E-state index is -0.346. The minimum absolute atomic E-state index is 0.346. The second-order valence-corrected chi connectivity index (χ2v) is 4.95. The number of para-hydroxylation sites is 2. The molecule has 0 bridgehead atoms. The maximum atomic E-state index is 13.8. The van der Waals surface area contributed by atoms with Gasteiger partial charge in [0.15, 0.2) is 17.0 Å². The van der Waals surface area contributed by atoms with Gasteiger partial charge in [-0.25, -0.2) is 19.3 Å². The molecule has 2 aromatic heterocycles. The van der Waals surface area contributed by atoms with E-state index in [4.69, 9.17) is 0 Å². The van der Waals surface area contributed by atoms with E-state index in [0.717, 1.165) is 5.69 Å². The van der Waals surface area contributed by atoms with Crippen LogP contribution in [0.25, 0.3) is 16.9 Å². The third-order valence-electron chi connectivity index (χ3n) is 3.49. The molecular formula is C17H12FN5. The molecule has 23 heavy (non-hydrogen) atoms. The van der Waals surface area contributed by atoms with Crippen molar-refractivity contribution in [2.24, 2.45) is 0 Å². The summed E-state index contributed by atoms with van der Waals surface area (Å²) in [5, 5.41) is 2.98. The molecule has 0 spiro atoms. The first kappa shape index (κ1) is 13.4. The summed E-state index contributed by atoms with van der Waals surface area (Å²) in [6.07, 6.45) is 3.12. The number of fused-ring (bicyclic) bond motifs is 1. The lowest BCUT2D eigenvalue weighted by atomic mass is 10.3. The van der Waals surface area contributed by atoms with Crippen LogP contribution in [0, 0.1) is 5.82 Å². The van der Waals surface area contributed by atoms with E-state index in [-0.39, 0.29) is 5.82 Å². The van der Waals surface area contributed by atoms with Gasteiger partial charge in [0.1, 0.15) is 18.5 Å². The molecule has 0 amide bonds. The highest BCUT2D eigenvalue weighted by atomic mass is 19.1. The number of nitrogens with one attached hydrogen (secondary N) is 1. The fourth-order valence-corrected chi connectivity index (χ4v) is 2.39. The van der Waals surface area contributed by atoms with E-state index in [0.29, 0.717) is 22.7 Å². The van der Waals surface area contributed by atoms with Crippen molar-refractivity contribution in [2.45, 2.75) is 0 Å². The topological polar surface area (TPSA) is 55.6 Å². The lowest BCUT2D eigenvalue weighted by Crippen LogP contribution is -1.99. The molecule has 2 heterocycles. The fourth-order valence-electron chi connectivity index (χ4n) is 2.39. The van der Waals surface area contributed by atoms with Crippen molar-refractivity contribution in [1.82, 2.24) is 19.5 Å². The normalized spacial score (nSPS) is 10.8. The van der Waals surface area contributed by atoms with E-state index >= 15 is 0 Å². The molecule has 1 N–H and O–H groups in total. The summed E-state index contributed by atoms with van der Waals surface area (Å²) in [6.45, 7) is 0. The number of hydrogen-bond donors (Lipinski definition) is 1. The Morgan fingerprint density at radius 1 is 0.870 bits per heavy atom. The van der Waals surface area contributed by atoms with Gasteiger partial charge in [-0.15, -0.1) is 0 Å².